The molecule has 0 unspecified atom stereocenters. The van der Waals surface area contributed by atoms with Crippen LogP contribution in [-0.2, 0) is 0 Å². The highest BCUT2D eigenvalue weighted by Gasteiger charge is 2.08. The highest BCUT2D eigenvalue weighted by atomic mass is 127. The first-order valence-corrected chi connectivity index (χ1v) is 6.11. The fourth-order valence-corrected chi connectivity index (χ4v) is 3.26. The van der Waals surface area contributed by atoms with Gasteiger partial charge in [-0.25, -0.2) is 4.79 Å². The van der Waals surface area contributed by atoms with Crippen LogP contribution in [0.15, 0.2) is 18.2 Å². The summed E-state index contributed by atoms with van der Waals surface area (Å²) in [5.74, 6) is -1.04. The molecule has 0 amide bonds. The third kappa shape index (κ3) is 2.07. The molecule has 3 nitrogen and oxygen atoms in total. The summed E-state index contributed by atoms with van der Waals surface area (Å²) in [4.78, 5) is 13.6. The largest absolute Gasteiger partial charge is 0.477 e. The standard InChI is InChI=1S/C10H5ClINO2S/c11-4-1-5(12)9-6(2-4)13-7(10(14)15)3-8(9)16/h1-3H,(H,13,16)(H,14,15). The quantitative estimate of drug-likeness (QED) is 0.596. The minimum Gasteiger partial charge on any atom is -0.477 e. The van der Waals surface area contributed by atoms with Gasteiger partial charge in [0.05, 0.1) is 4.51 Å². The lowest BCUT2D eigenvalue weighted by Gasteiger charge is -2.04. The lowest BCUT2D eigenvalue weighted by Crippen LogP contribution is -2.00. The van der Waals surface area contributed by atoms with E-state index in [0.29, 0.717) is 15.0 Å². The van der Waals surface area contributed by atoms with Crippen molar-refractivity contribution in [1.29, 1.82) is 0 Å². The van der Waals surface area contributed by atoms with Gasteiger partial charge in [-0.1, -0.05) is 23.8 Å². The van der Waals surface area contributed by atoms with Gasteiger partial charge in [-0.05, 0) is 40.8 Å². The molecule has 2 N–H and O–H groups in total. The number of fused-ring (bicyclic) bond motifs is 1. The first-order valence-electron chi connectivity index (χ1n) is 4.24. The molecule has 1 aromatic carbocycles. The third-order valence-electron chi connectivity index (χ3n) is 2.08. The van der Waals surface area contributed by atoms with Gasteiger partial charge in [0.1, 0.15) is 5.69 Å². The van der Waals surface area contributed by atoms with Crippen LogP contribution in [0.3, 0.4) is 0 Å². The normalized spacial score (nSPS) is 10.6. The first-order chi connectivity index (χ1) is 7.49. The van der Waals surface area contributed by atoms with Gasteiger partial charge in [0.2, 0.25) is 0 Å². The van der Waals surface area contributed by atoms with Crippen molar-refractivity contribution in [3.63, 3.8) is 0 Å². The van der Waals surface area contributed by atoms with Gasteiger partial charge in [0.15, 0.2) is 0 Å². The molecule has 1 heterocycles. The molecule has 0 fully saturated rings. The molecule has 0 saturated carbocycles. The molecule has 0 aliphatic rings. The molecule has 6 heteroatoms. The van der Waals surface area contributed by atoms with E-state index >= 15 is 0 Å². The number of hydrogen-bond donors (Lipinski definition) is 2. The minimum atomic E-state index is -1.04. The number of aromatic nitrogens is 1. The molecular formula is C10H5ClINO2S. The Morgan fingerprint density at radius 1 is 1.44 bits per heavy atom. The van der Waals surface area contributed by atoms with Crippen LogP contribution in [0.25, 0.3) is 10.9 Å². The van der Waals surface area contributed by atoms with Crippen molar-refractivity contribution >= 4 is 63.3 Å². The lowest BCUT2D eigenvalue weighted by molar-refractivity contribution is 0.0691. The summed E-state index contributed by atoms with van der Waals surface area (Å²) < 4.78 is 1.41. The van der Waals surface area contributed by atoms with Crippen LogP contribution >= 0.6 is 46.4 Å². The minimum absolute atomic E-state index is 0.0653. The molecule has 16 heavy (non-hydrogen) atoms. The number of halogens is 2. The summed E-state index contributed by atoms with van der Waals surface area (Å²) in [6.07, 6.45) is 0. The Hall–Kier alpha value is -0.660. The Labute approximate surface area is 115 Å². The lowest BCUT2D eigenvalue weighted by atomic mass is 10.2. The van der Waals surface area contributed by atoms with Crippen LogP contribution in [0.2, 0.25) is 5.02 Å². The number of aromatic amines is 1. The van der Waals surface area contributed by atoms with Crippen molar-refractivity contribution in [1.82, 2.24) is 4.98 Å². The van der Waals surface area contributed by atoms with Crippen molar-refractivity contribution in [3.8, 4) is 0 Å². The Morgan fingerprint density at radius 2 is 2.12 bits per heavy atom. The molecule has 2 rings (SSSR count). The van der Waals surface area contributed by atoms with Crippen molar-refractivity contribution < 1.29 is 9.90 Å². The predicted octanol–water partition coefficient (Wildman–Crippen LogP) is 3.85. The van der Waals surface area contributed by atoms with E-state index in [0.717, 1.165) is 8.96 Å². The van der Waals surface area contributed by atoms with E-state index in [-0.39, 0.29) is 5.69 Å². The van der Waals surface area contributed by atoms with E-state index in [1.54, 1.807) is 12.1 Å². The molecule has 82 valence electrons. The molecule has 2 aromatic rings. The molecular weight excluding hydrogens is 361 g/mol. The highest BCUT2D eigenvalue weighted by molar-refractivity contribution is 14.1. The number of carboxylic acid groups (broad SMARTS) is 1. The van der Waals surface area contributed by atoms with Crippen molar-refractivity contribution in [2.24, 2.45) is 0 Å². The zero-order chi connectivity index (χ0) is 11.9. The van der Waals surface area contributed by atoms with Gasteiger partial charge < -0.3 is 10.1 Å². The average Bonchev–Trinajstić information content (AvgIpc) is 2.15. The maximum absolute atomic E-state index is 10.9. The Morgan fingerprint density at radius 3 is 2.75 bits per heavy atom. The molecule has 0 atom stereocenters. The van der Waals surface area contributed by atoms with Gasteiger partial charge in [-0.15, -0.1) is 0 Å². The fourth-order valence-electron chi connectivity index (χ4n) is 1.42. The zero-order valence-electron chi connectivity index (χ0n) is 7.75. The van der Waals surface area contributed by atoms with E-state index in [1.165, 1.54) is 6.07 Å². The maximum atomic E-state index is 10.9. The maximum Gasteiger partial charge on any atom is 0.352 e. The first kappa shape index (κ1) is 11.8. The predicted molar refractivity (Wildman–Crippen MR) is 73.8 cm³/mol. The van der Waals surface area contributed by atoms with Crippen molar-refractivity contribution in [3.05, 3.63) is 37.0 Å². The second-order valence-corrected chi connectivity index (χ2v) is 5.20. The van der Waals surface area contributed by atoms with E-state index in [9.17, 15) is 4.79 Å². The van der Waals surface area contributed by atoms with E-state index in [2.05, 4.69) is 27.6 Å². The summed E-state index contributed by atoms with van der Waals surface area (Å²) in [5.41, 5.74) is 0.706. The number of hydrogen-bond acceptors (Lipinski definition) is 2. The summed E-state index contributed by atoms with van der Waals surface area (Å²) in [6, 6.07) is 4.89. The van der Waals surface area contributed by atoms with Gasteiger partial charge in [-0.2, -0.15) is 0 Å². The second-order valence-electron chi connectivity index (χ2n) is 3.16. The Kier molecular flexibility index (Phi) is 3.18. The smallest absolute Gasteiger partial charge is 0.352 e. The summed E-state index contributed by atoms with van der Waals surface area (Å²) in [7, 11) is 0. The SMILES string of the molecule is O=C(O)c1cc(=S)c2c(I)cc(Cl)cc2[nH]1. The molecule has 0 saturated heterocycles. The molecule has 1 aromatic heterocycles. The van der Waals surface area contributed by atoms with Gasteiger partial charge in [0, 0.05) is 19.5 Å². The van der Waals surface area contributed by atoms with Crippen LogP contribution in [0.4, 0.5) is 0 Å². The number of carbonyl (C=O) groups is 1. The van der Waals surface area contributed by atoms with E-state index in [4.69, 9.17) is 28.9 Å². The topological polar surface area (TPSA) is 53.1 Å². The van der Waals surface area contributed by atoms with E-state index < -0.39 is 5.97 Å². The fraction of sp³-hybridized carbons (Fsp3) is 0. The summed E-state index contributed by atoms with van der Waals surface area (Å²) in [5, 5.41) is 10.3. The van der Waals surface area contributed by atoms with Gasteiger partial charge in [-0.3, -0.25) is 0 Å². The summed E-state index contributed by atoms with van der Waals surface area (Å²) in [6.45, 7) is 0. The van der Waals surface area contributed by atoms with Crippen LogP contribution in [0, 0.1) is 8.08 Å². The van der Waals surface area contributed by atoms with Crippen LogP contribution in [0.5, 0.6) is 0 Å². The number of carboxylic acids is 1. The number of nitrogens with one attached hydrogen (secondary N) is 1. The number of pyridine rings is 1. The van der Waals surface area contributed by atoms with Crippen LogP contribution < -0.4 is 0 Å². The molecule has 0 radical (unpaired) electrons. The average molecular weight is 366 g/mol. The Bertz CT molecular complexity index is 653. The van der Waals surface area contributed by atoms with Gasteiger partial charge in [0.25, 0.3) is 0 Å². The number of benzene rings is 1. The third-order valence-corrected chi connectivity index (χ3v) is 3.47. The molecule has 0 aliphatic carbocycles. The van der Waals surface area contributed by atoms with Crippen LogP contribution in [-0.4, -0.2) is 16.1 Å². The number of H-pyrrole nitrogens is 1. The molecule has 0 spiro atoms. The summed E-state index contributed by atoms with van der Waals surface area (Å²) >= 11 is 13.2. The number of rotatable bonds is 1. The molecule has 0 aliphatic heterocycles. The van der Waals surface area contributed by atoms with Crippen LogP contribution in [0.1, 0.15) is 10.5 Å². The zero-order valence-corrected chi connectivity index (χ0v) is 11.5. The monoisotopic (exact) mass is 365 g/mol. The second kappa shape index (κ2) is 4.31. The van der Waals surface area contributed by atoms with Crippen molar-refractivity contribution in [2.45, 2.75) is 0 Å². The number of aromatic carboxylic acids is 1. The Balaban J connectivity index is 2.93. The molecule has 0 bridgehead atoms. The van der Waals surface area contributed by atoms with Crippen molar-refractivity contribution in [2.75, 3.05) is 0 Å². The van der Waals surface area contributed by atoms with Gasteiger partial charge >= 0.3 is 5.97 Å². The highest BCUT2D eigenvalue weighted by Crippen LogP contribution is 2.25. The van der Waals surface area contributed by atoms with E-state index in [1.807, 2.05) is 0 Å².